The van der Waals surface area contributed by atoms with E-state index in [2.05, 4.69) is 65.4 Å². The van der Waals surface area contributed by atoms with Crippen molar-refractivity contribution in [3.8, 4) is 0 Å². The fourth-order valence-corrected chi connectivity index (χ4v) is 4.11. The lowest BCUT2D eigenvalue weighted by atomic mass is 9.68. The zero-order valence-corrected chi connectivity index (χ0v) is 18.4. The zero-order valence-electron chi connectivity index (χ0n) is 16.1. The lowest BCUT2D eigenvalue weighted by Gasteiger charge is -2.38. The van der Waals surface area contributed by atoms with Gasteiger partial charge in [0.1, 0.15) is 0 Å². The number of hydrogen-bond donors (Lipinski definition) is 1. The Bertz CT molecular complexity index is 578. The Morgan fingerprint density at radius 2 is 1.92 bits per heavy atom. The highest BCUT2D eigenvalue weighted by molar-refractivity contribution is 14.0. The summed E-state index contributed by atoms with van der Waals surface area (Å²) >= 11 is 0. The summed E-state index contributed by atoms with van der Waals surface area (Å²) < 4.78 is 0. The van der Waals surface area contributed by atoms with Crippen LogP contribution in [-0.2, 0) is 0 Å². The minimum absolute atomic E-state index is 0. The number of hydrogen-bond acceptors (Lipinski definition) is 2. The van der Waals surface area contributed by atoms with Crippen molar-refractivity contribution in [2.24, 2.45) is 10.4 Å². The van der Waals surface area contributed by atoms with Crippen LogP contribution in [0.2, 0.25) is 0 Å². The maximum Gasteiger partial charge on any atom is 0.193 e. The van der Waals surface area contributed by atoms with E-state index in [1.54, 1.807) is 0 Å². The fourth-order valence-electron chi connectivity index (χ4n) is 4.11. The van der Waals surface area contributed by atoms with Crippen LogP contribution in [0.4, 0.5) is 0 Å². The van der Waals surface area contributed by atoms with Crippen LogP contribution in [0.1, 0.15) is 42.9 Å². The van der Waals surface area contributed by atoms with Crippen molar-refractivity contribution in [1.29, 1.82) is 0 Å². The number of nitrogens with one attached hydrogen (secondary N) is 1. The normalized spacial score (nSPS) is 20.4. The average molecular weight is 456 g/mol. The quantitative estimate of drug-likeness (QED) is 0.426. The van der Waals surface area contributed by atoms with Gasteiger partial charge in [0, 0.05) is 26.7 Å². The van der Waals surface area contributed by atoms with Crippen LogP contribution in [0.25, 0.3) is 0 Å². The van der Waals surface area contributed by atoms with Gasteiger partial charge in [-0.25, -0.2) is 0 Å². The summed E-state index contributed by atoms with van der Waals surface area (Å²) in [4.78, 5) is 9.29. The highest BCUT2D eigenvalue weighted by Gasteiger charge is 2.43. The van der Waals surface area contributed by atoms with Gasteiger partial charge >= 0.3 is 0 Å². The number of likely N-dealkylation sites (tertiary alicyclic amines) is 1. The maximum atomic E-state index is 4.55. The molecule has 140 valence electrons. The second-order valence-electron chi connectivity index (χ2n) is 7.84. The minimum Gasteiger partial charge on any atom is -0.354 e. The van der Waals surface area contributed by atoms with Crippen LogP contribution in [0, 0.1) is 12.3 Å². The first-order valence-corrected chi connectivity index (χ1v) is 9.22. The number of likely N-dealkylation sites (N-methyl/N-ethyl adjacent to an activating group) is 1. The fraction of sp³-hybridized carbons (Fsp3) is 0.650. The molecule has 1 saturated carbocycles. The molecular formula is C20H33IN4. The third-order valence-corrected chi connectivity index (χ3v) is 5.90. The molecule has 1 aliphatic carbocycles. The molecule has 0 amide bonds. The SMILES string of the molecule is CN=C(NCC(c1ccc(C)cc1)N(C)C)N1CCC2(CCC2)C1.I. The number of aryl methyl sites for hydroxylation is 1. The highest BCUT2D eigenvalue weighted by atomic mass is 127. The van der Waals surface area contributed by atoms with E-state index < -0.39 is 0 Å². The van der Waals surface area contributed by atoms with Crippen molar-refractivity contribution in [1.82, 2.24) is 15.1 Å². The van der Waals surface area contributed by atoms with Gasteiger partial charge in [0.15, 0.2) is 5.96 Å². The number of nitrogens with zero attached hydrogens (tertiary/aromatic N) is 3. The molecule has 2 fully saturated rings. The van der Waals surface area contributed by atoms with Crippen LogP contribution in [0.15, 0.2) is 29.3 Å². The van der Waals surface area contributed by atoms with Gasteiger partial charge in [-0.15, -0.1) is 24.0 Å². The van der Waals surface area contributed by atoms with E-state index in [4.69, 9.17) is 0 Å². The van der Waals surface area contributed by atoms with Crippen LogP contribution in [0.3, 0.4) is 0 Å². The molecule has 3 rings (SSSR count). The third-order valence-electron chi connectivity index (χ3n) is 5.90. The average Bonchev–Trinajstić information content (AvgIpc) is 2.98. The first kappa shape index (κ1) is 20.5. The Balaban J connectivity index is 0.00000225. The largest absolute Gasteiger partial charge is 0.354 e. The van der Waals surface area contributed by atoms with Crippen molar-refractivity contribution in [3.05, 3.63) is 35.4 Å². The van der Waals surface area contributed by atoms with Crippen molar-refractivity contribution in [2.75, 3.05) is 40.8 Å². The van der Waals surface area contributed by atoms with E-state index in [-0.39, 0.29) is 24.0 Å². The molecule has 0 aromatic heterocycles. The number of aliphatic imine (C=N–C) groups is 1. The lowest BCUT2D eigenvalue weighted by Crippen LogP contribution is -2.45. The van der Waals surface area contributed by atoms with Crippen molar-refractivity contribution >= 4 is 29.9 Å². The topological polar surface area (TPSA) is 30.9 Å². The number of rotatable bonds is 4. The molecule has 0 radical (unpaired) electrons. The van der Waals surface area contributed by atoms with E-state index in [9.17, 15) is 0 Å². The first-order chi connectivity index (χ1) is 11.5. The first-order valence-electron chi connectivity index (χ1n) is 9.22. The van der Waals surface area contributed by atoms with Gasteiger partial charge in [-0.05, 0) is 51.3 Å². The molecule has 5 heteroatoms. The molecule has 1 spiro atoms. The van der Waals surface area contributed by atoms with Gasteiger partial charge in [0.2, 0.25) is 0 Å². The third kappa shape index (κ3) is 4.67. The minimum atomic E-state index is 0. The Labute approximate surface area is 170 Å². The van der Waals surface area contributed by atoms with Crippen molar-refractivity contribution in [3.63, 3.8) is 0 Å². The molecule has 1 saturated heterocycles. The summed E-state index contributed by atoms with van der Waals surface area (Å²) in [6.45, 7) is 5.35. The number of benzene rings is 1. The predicted molar refractivity (Wildman–Crippen MR) is 117 cm³/mol. The van der Waals surface area contributed by atoms with Gasteiger partial charge in [-0.1, -0.05) is 36.2 Å². The van der Waals surface area contributed by atoms with Crippen molar-refractivity contribution in [2.45, 2.75) is 38.6 Å². The standard InChI is InChI=1S/C20H32N4.HI/c1-16-6-8-17(9-7-16)18(23(3)4)14-22-19(21-2)24-13-12-20(15-24)10-5-11-20;/h6-9,18H,5,10-15H2,1-4H3,(H,21,22);1H. The van der Waals surface area contributed by atoms with Gasteiger partial charge in [0.05, 0.1) is 6.04 Å². The zero-order chi connectivity index (χ0) is 17.2. The summed E-state index contributed by atoms with van der Waals surface area (Å²) in [6.07, 6.45) is 5.56. The van der Waals surface area contributed by atoms with Crippen LogP contribution < -0.4 is 5.32 Å². The summed E-state index contributed by atoms with van der Waals surface area (Å²) in [5, 5.41) is 3.63. The molecule has 2 aliphatic rings. The van der Waals surface area contributed by atoms with Crippen LogP contribution >= 0.6 is 24.0 Å². The summed E-state index contributed by atoms with van der Waals surface area (Å²) in [6, 6.07) is 9.22. The van der Waals surface area contributed by atoms with E-state index in [0.29, 0.717) is 11.5 Å². The van der Waals surface area contributed by atoms with E-state index in [1.165, 1.54) is 43.4 Å². The molecule has 1 heterocycles. The molecule has 1 aromatic carbocycles. The number of guanidine groups is 1. The molecule has 1 N–H and O–H groups in total. The molecule has 1 aliphatic heterocycles. The highest BCUT2D eigenvalue weighted by Crippen LogP contribution is 2.47. The van der Waals surface area contributed by atoms with E-state index in [0.717, 1.165) is 19.0 Å². The van der Waals surface area contributed by atoms with Gasteiger partial charge in [-0.2, -0.15) is 0 Å². The monoisotopic (exact) mass is 456 g/mol. The smallest absolute Gasteiger partial charge is 0.193 e. The maximum absolute atomic E-state index is 4.55. The summed E-state index contributed by atoms with van der Waals surface area (Å²) in [5.74, 6) is 1.07. The Morgan fingerprint density at radius 3 is 2.40 bits per heavy atom. The molecule has 1 unspecified atom stereocenters. The van der Waals surface area contributed by atoms with Gasteiger partial charge < -0.3 is 15.1 Å². The van der Waals surface area contributed by atoms with E-state index in [1.807, 2.05) is 7.05 Å². The summed E-state index contributed by atoms with van der Waals surface area (Å²) in [7, 11) is 6.20. The molecule has 1 atom stereocenters. The molecular weight excluding hydrogens is 423 g/mol. The molecule has 4 nitrogen and oxygen atoms in total. The molecule has 1 aromatic rings. The lowest BCUT2D eigenvalue weighted by molar-refractivity contribution is 0.151. The number of halogens is 1. The predicted octanol–water partition coefficient (Wildman–Crippen LogP) is 3.67. The Morgan fingerprint density at radius 1 is 1.24 bits per heavy atom. The summed E-state index contributed by atoms with van der Waals surface area (Å²) in [5.41, 5.74) is 3.27. The van der Waals surface area contributed by atoms with Crippen LogP contribution in [0.5, 0.6) is 0 Å². The Kier molecular flexibility index (Phi) is 7.14. The second-order valence-corrected chi connectivity index (χ2v) is 7.84. The van der Waals surface area contributed by atoms with Crippen LogP contribution in [-0.4, -0.2) is 56.5 Å². The Hall–Kier alpha value is -0.820. The van der Waals surface area contributed by atoms with E-state index >= 15 is 0 Å². The second kappa shape index (κ2) is 8.71. The molecule has 0 bridgehead atoms. The van der Waals surface area contributed by atoms with Crippen molar-refractivity contribution < 1.29 is 0 Å². The van der Waals surface area contributed by atoms with Gasteiger partial charge in [0.25, 0.3) is 0 Å². The van der Waals surface area contributed by atoms with Gasteiger partial charge in [-0.3, -0.25) is 4.99 Å². The molecule has 25 heavy (non-hydrogen) atoms.